The van der Waals surface area contributed by atoms with Gasteiger partial charge in [-0.1, -0.05) is 6.92 Å². The van der Waals surface area contributed by atoms with Crippen LogP contribution >= 0.6 is 0 Å². The number of nitrogens with zero attached hydrogens (tertiary/aromatic N) is 4. The van der Waals surface area contributed by atoms with Crippen LogP contribution in [0.25, 0.3) is 0 Å². The molecule has 0 radical (unpaired) electrons. The Kier molecular flexibility index (Phi) is 7.30. The average Bonchev–Trinajstić information content (AvgIpc) is 3.09. The summed E-state index contributed by atoms with van der Waals surface area (Å²) in [5.74, 6) is -0.826. The number of hydrogen-bond donors (Lipinski definition) is 2. The van der Waals surface area contributed by atoms with Crippen molar-refractivity contribution in [1.29, 1.82) is 0 Å². The molecule has 168 valence electrons. The van der Waals surface area contributed by atoms with E-state index in [4.69, 9.17) is 11.5 Å². The summed E-state index contributed by atoms with van der Waals surface area (Å²) in [4.78, 5) is 56.3. The Morgan fingerprint density at radius 2 is 1.00 bits per heavy atom. The van der Waals surface area contributed by atoms with Gasteiger partial charge in [0.2, 0.25) is 23.6 Å². The number of carbonyl (C=O) groups is 4. The van der Waals surface area contributed by atoms with E-state index < -0.39 is 0 Å². The Balaban J connectivity index is 1.56. The summed E-state index contributed by atoms with van der Waals surface area (Å²) in [6.07, 6.45) is 1.47. The summed E-state index contributed by atoms with van der Waals surface area (Å²) >= 11 is 0. The zero-order valence-electron chi connectivity index (χ0n) is 17.8. The van der Waals surface area contributed by atoms with Gasteiger partial charge in [-0.3, -0.25) is 29.0 Å². The zero-order chi connectivity index (χ0) is 21.8. The summed E-state index contributed by atoms with van der Waals surface area (Å²) in [5.41, 5.74) is 10.5. The van der Waals surface area contributed by atoms with Crippen LogP contribution in [0.3, 0.4) is 0 Å². The van der Waals surface area contributed by atoms with E-state index in [2.05, 4.69) is 6.92 Å². The number of hydrogen-bond acceptors (Lipinski definition) is 6. The maximum atomic E-state index is 13.2. The molecule has 0 spiro atoms. The number of nitrogens with two attached hydrogens (primary N) is 2. The van der Waals surface area contributed by atoms with Gasteiger partial charge in [0.05, 0.1) is 13.1 Å². The van der Waals surface area contributed by atoms with Crippen LogP contribution in [0.4, 0.5) is 0 Å². The van der Waals surface area contributed by atoms with Crippen LogP contribution in [0.15, 0.2) is 0 Å². The van der Waals surface area contributed by atoms with Gasteiger partial charge in [-0.25, -0.2) is 0 Å². The molecule has 10 heteroatoms. The third-order valence-electron chi connectivity index (χ3n) is 6.56. The molecule has 4 N–H and O–H groups in total. The van der Waals surface area contributed by atoms with Crippen molar-refractivity contribution in [2.24, 2.45) is 29.2 Å². The second-order valence-corrected chi connectivity index (χ2v) is 8.93. The van der Waals surface area contributed by atoms with Gasteiger partial charge in [-0.2, -0.15) is 0 Å². The summed E-state index contributed by atoms with van der Waals surface area (Å²) in [7, 11) is 0. The first-order valence-corrected chi connectivity index (χ1v) is 10.8. The van der Waals surface area contributed by atoms with Crippen LogP contribution < -0.4 is 11.5 Å². The van der Waals surface area contributed by atoms with Gasteiger partial charge in [-0.15, -0.1) is 0 Å². The Bertz CT molecular complexity index is 614. The Morgan fingerprint density at radius 3 is 1.30 bits per heavy atom. The van der Waals surface area contributed by atoms with Gasteiger partial charge < -0.3 is 21.3 Å². The van der Waals surface area contributed by atoms with Crippen LogP contribution in [-0.4, -0.2) is 109 Å². The van der Waals surface area contributed by atoms with Crippen molar-refractivity contribution in [3.8, 4) is 0 Å². The third kappa shape index (κ3) is 5.48. The van der Waals surface area contributed by atoms with Gasteiger partial charge >= 0.3 is 0 Å². The molecule has 3 rings (SSSR count). The molecule has 30 heavy (non-hydrogen) atoms. The molecule has 1 saturated carbocycles. The summed E-state index contributed by atoms with van der Waals surface area (Å²) in [5, 5.41) is 0. The topological polar surface area (TPSA) is 133 Å². The van der Waals surface area contributed by atoms with Crippen molar-refractivity contribution in [1.82, 2.24) is 19.6 Å². The Hall–Kier alpha value is -2.20. The fourth-order valence-electron chi connectivity index (χ4n) is 5.00. The van der Waals surface area contributed by atoms with E-state index in [1.165, 1.54) is 0 Å². The van der Waals surface area contributed by atoms with Crippen LogP contribution in [0, 0.1) is 17.8 Å². The normalized spacial score (nSPS) is 28.5. The van der Waals surface area contributed by atoms with E-state index in [0.717, 1.165) is 12.8 Å². The lowest BCUT2D eigenvalue weighted by molar-refractivity contribution is -0.147. The molecule has 1 aliphatic carbocycles. The lowest BCUT2D eigenvalue weighted by atomic mass is 9.92. The quantitative estimate of drug-likeness (QED) is 0.504. The van der Waals surface area contributed by atoms with Crippen LogP contribution in [0.2, 0.25) is 0 Å². The molecule has 4 amide bonds. The second kappa shape index (κ2) is 9.74. The van der Waals surface area contributed by atoms with Gasteiger partial charge in [0.15, 0.2) is 0 Å². The Morgan fingerprint density at radius 1 is 0.667 bits per heavy atom. The molecular weight excluding hydrogens is 388 g/mol. The van der Waals surface area contributed by atoms with Crippen LogP contribution in [0.1, 0.15) is 19.8 Å². The fraction of sp³-hybridized carbons (Fsp3) is 0.800. The molecule has 0 aromatic rings. The van der Waals surface area contributed by atoms with E-state index in [-0.39, 0.29) is 48.6 Å². The maximum absolute atomic E-state index is 13.2. The number of amides is 4. The molecule has 0 aromatic heterocycles. The first-order chi connectivity index (χ1) is 14.2. The van der Waals surface area contributed by atoms with Crippen molar-refractivity contribution in [3.05, 3.63) is 0 Å². The van der Waals surface area contributed by atoms with E-state index >= 15 is 0 Å². The molecule has 2 saturated heterocycles. The highest BCUT2D eigenvalue weighted by Gasteiger charge is 2.44. The molecule has 2 unspecified atom stereocenters. The van der Waals surface area contributed by atoms with Crippen LogP contribution in [0.5, 0.6) is 0 Å². The Labute approximate surface area is 177 Å². The van der Waals surface area contributed by atoms with E-state index in [1.807, 2.05) is 19.6 Å². The summed E-state index contributed by atoms with van der Waals surface area (Å²) < 4.78 is 0. The van der Waals surface area contributed by atoms with Gasteiger partial charge in [0.1, 0.15) is 0 Å². The van der Waals surface area contributed by atoms with Crippen LogP contribution in [-0.2, 0) is 19.2 Å². The second-order valence-electron chi connectivity index (χ2n) is 8.93. The standard InChI is InChI=1S/C20H34N6O4/c1-14-10-15(19(29)25-6-2-23(3-7-25)12-17(21)27)16(11-14)20(30)26-8-4-24(5-9-26)13-18(22)28/h14-16H,2-13H2,1H3,(H2,21,27)(H2,22,28). The van der Waals surface area contributed by atoms with Crippen molar-refractivity contribution >= 4 is 23.6 Å². The van der Waals surface area contributed by atoms with Gasteiger partial charge in [-0.05, 0) is 18.8 Å². The maximum Gasteiger partial charge on any atom is 0.231 e. The minimum absolute atomic E-state index is 0.0591. The minimum atomic E-state index is -0.360. The summed E-state index contributed by atoms with van der Waals surface area (Å²) in [6, 6.07) is 0. The molecule has 2 heterocycles. The van der Waals surface area contributed by atoms with Crippen molar-refractivity contribution in [2.45, 2.75) is 19.8 Å². The molecule has 10 nitrogen and oxygen atoms in total. The predicted molar refractivity (Wildman–Crippen MR) is 110 cm³/mol. The first kappa shape index (κ1) is 22.5. The number of piperazine rings is 2. The molecular formula is C20H34N6O4. The first-order valence-electron chi connectivity index (χ1n) is 10.8. The van der Waals surface area contributed by atoms with Gasteiger partial charge in [0, 0.05) is 64.2 Å². The predicted octanol–water partition coefficient (Wildman–Crippen LogP) is -2.09. The summed E-state index contributed by atoms with van der Waals surface area (Å²) in [6.45, 7) is 7.25. The molecule has 3 fully saturated rings. The molecule has 0 aromatic carbocycles. The highest BCUT2D eigenvalue weighted by atomic mass is 16.2. The zero-order valence-corrected chi connectivity index (χ0v) is 17.8. The van der Waals surface area contributed by atoms with E-state index in [9.17, 15) is 19.2 Å². The van der Waals surface area contributed by atoms with Gasteiger partial charge in [0.25, 0.3) is 0 Å². The van der Waals surface area contributed by atoms with Crippen molar-refractivity contribution < 1.29 is 19.2 Å². The largest absolute Gasteiger partial charge is 0.369 e. The molecule has 2 atom stereocenters. The molecule has 3 aliphatic rings. The minimum Gasteiger partial charge on any atom is -0.369 e. The highest BCUT2D eigenvalue weighted by Crippen LogP contribution is 2.39. The SMILES string of the molecule is CC1CC(C(=O)N2CCN(CC(N)=O)CC2)C(C(=O)N2CCN(CC(N)=O)CC2)C1. The third-order valence-corrected chi connectivity index (χ3v) is 6.56. The van der Waals surface area contributed by atoms with E-state index in [0.29, 0.717) is 58.3 Å². The number of carbonyl (C=O) groups excluding carboxylic acids is 4. The number of rotatable bonds is 6. The average molecular weight is 423 g/mol. The van der Waals surface area contributed by atoms with Crippen molar-refractivity contribution in [2.75, 3.05) is 65.4 Å². The monoisotopic (exact) mass is 422 g/mol. The van der Waals surface area contributed by atoms with E-state index in [1.54, 1.807) is 0 Å². The molecule has 0 bridgehead atoms. The lowest BCUT2D eigenvalue weighted by Gasteiger charge is -2.38. The lowest BCUT2D eigenvalue weighted by Crippen LogP contribution is -2.54. The van der Waals surface area contributed by atoms with Crippen molar-refractivity contribution in [3.63, 3.8) is 0 Å². The highest BCUT2D eigenvalue weighted by molar-refractivity contribution is 5.88. The fourth-order valence-corrected chi connectivity index (χ4v) is 5.00. The molecule has 2 aliphatic heterocycles. The smallest absolute Gasteiger partial charge is 0.231 e. The number of primary amides is 2.